The predicted octanol–water partition coefficient (Wildman–Crippen LogP) is 4.44. The number of likely N-dealkylation sites (tertiary alicyclic amines) is 1. The van der Waals surface area contributed by atoms with E-state index in [0.717, 1.165) is 12.8 Å². The Morgan fingerprint density at radius 1 is 1.25 bits per heavy atom. The van der Waals surface area contributed by atoms with Crippen molar-refractivity contribution < 1.29 is 13.7 Å². The van der Waals surface area contributed by atoms with E-state index < -0.39 is 0 Å². The number of carbonyl (C=O) groups excluding carboxylic acids is 1. The lowest BCUT2D eigenvalue weighted by Gasteiger charge is -2.30. The average molecular weight is 446 g/mol. The number of carbonyl (C=O) groups is 1. The molecule has 0 bridgehead atoms. The Kier molecular flexibility index (Phi) is 5.34. The molecule has 3 heterocycles. The van der Waals surface area contributed by atoms with Gasteiger partial charge in [-0.25, -0.2) is 9.18 Å². The van der Waals surface area contributed by atoms with Gasteiger partial charge < -0.3 is 14.7 Å². The van der Waals surface area contributed by atoms with Crippen LogP contribution in [0.4, 0.5) is 14.9 Å². The first kappa shape index (κ1) is 18.5. The average Bonchev–Trinajstić information content (AvgIpc) is 3.21. The maximum absolute atomic E-state index is 13.2. The largest absolute Gasteiger partial charge is 0.339 e. The number of rotatable bonds is 3. The van der Waals surface area contributed by atoms with Crippen LogP contribution in [-0.4, -0.2) is 39.1 Å². The molecule has 2 aromatic heterocycles. The molecule has 7 nitrogen and oxygen atoms in total. The van der Waals surface area contributed by atoms with Crippen molar-refractivity contribution in [3.63, 3.8) is 0 Å². The summed E-state index contributed by atoms with van der Waals surface area (Å²) >= 11 is 3.26. The maximum Gasteiger partial charge on any atom is 0.321 e. The van der Waals surface area contributed by atoms with Crippen molar-refractivity contribution in [3.05, 3.63) is 58.8 Å². The van der Waals surface area contributed by atoms with Crippen LogP contribution in [0.3, 0.4) is 0 Å². The van der Waals surface area contributed by atoms with Crippen LogP contribution >= 0.6 is 15.9 Å². The topological polar surface area (TPSA) is 84.2 Å². The number of hydrogen-bond acceptors (Lipinski definition) is 5. The van der Waals surface area contributed by atoms with Crippen molar-refractivity contribution in [2.45, 2.75) is 18.8 Å². The van der Waals surface area contributed by atoms with Crippen LogP contribution in [0.5, 0.6) is 0 Å². The molecule has 1 N–H and O–H groups in total. The van der Waals surface area contributed by atoms with Gasteiger partial charge in [-0.3, -0.25) is 4.98 Å². The fourth-order valence-electron chi connectivity index (χ4n) is 3.11. The van der Waals surface area contributed by atoms with Gasteiger partial charge in [0.25, 0.3) is 0 Å². The van der Waals surface area contributed by atoms with E-state index in [9.17, 15) is 9.18 Å². The first-order valence-corrected chi connectivity index (χ1v) is 9.65. The van der Waals surface area contributed by atoms with Gasteiger partial charge in [0.2, 0.25) is 11.7 Å². The summed E-state index contributed by atoms with van der Waals surface area (Å²) in [6.45, 7) is 1.13. The summed E-state index contributed by atoms with van der Waals surface area (Å²) in [4.78, 5) is 22.9. The molecule has 0 spiro atoms. The second kappa shape index (κ2) is 8.05. The van der Waals surface area contributed by atoms with E-state index in [1.807, 2.05) is 18.2 Å². The number of nitrogens with zero attached hydrogens (tertiary/aromatic N) is 4. The fraction of sp³-hybridized carbons (Fsp3) is 0.263. The zero-order chi connectivity index (χ0) is 19.5. The number of piperidine rings is 1. The van der Waals surface area contributed by atoms with Crippen molar-refractivity contribution in [1.29, 1.82) is 0 Å². The summed E-state index contributed by atoms with van der Waals surface area (Å²) in [5, 5.41) is 6.81. The summed E-state index contributed by atoms with van der Waals surface area (Å²) in [5.74, 6) is 0.779. The minimum atomic E-state index is -0.365. The zero-order valence-corrected chi connectivity index (χ0v) is 16.4. The van der Waals surface area contributed by atoms with E-state index in [4.69, 9.17) is 4.52 Å². The molecule has 9 heteroatoms. The number of nitrogens with one attached hydrogen (secondary N) is 1. The Morgan fingerprint density at radius 3 is 2.79 bits per heavy atom. The summed E-state index contributed by atoms with van der Waals surface area (Å²) < 4.78 is 19.1. The first-order valence-electron chi connectivity index (χ1n) is 8.86. The van der Waals surface area contributed by atoms with E-state index in [2.05, 4.69) is 36.4 Å². The first-order chi connectivity index (χ1) is 13.6. The van der Waals surface area contributed by atoms with Crippen LogP contribution in [0.1, 0.15) is 24.7 Å². The standard InChI is InChI=1S/C19H17BrFN5O2/c20-14-11-13(21)4-5-15(14)23-19(27)26-9-6-12(7-10-26)18-24-17(25-28-18)16-3-1-2-8-22-16/h1-5,8,11-12H,6-7,9-10H2,(H,23,27). The molecule has 1 aliphatic rings. The number of halogens is 2. The Bertz CT molecular complexity index is 973. The molecule has 0 saturated carbocycles. The quantitative estimate of drug-likeness (QED) is 0.643. The number of anilines is 1. The summed E-state index contributed by atoms with van der Waals surface area (Å²) in [7, 11) is 0. The monoisotopic (exact) mass is 445 g/mol. The highest BCUT2D eigenvalue weighted by Gasteiger charge is 2.28. The van der Waals surface area contributed by atoms with Gasteiger partial charge in [0.1, 0.15) is 11.5 Å². The number of aromatic nitrogens is 3. The molecule has 0 aliphatic carbocycles. The number of pyridine rings is 1. The van der Waals surface area contributed by atoms with Crippen LogP contribution < -0.4 is 5.32 Å². The third-order valence-corrected chi connectivity index (χ3v) is 5.30. The lowest BCUT2D eigenvalue weighted by atomic mass is 9.97. The van der Waals surface area contributed by atoms with Gasteiger partial charge in [-0.2, -0.15) is 4.98 Å². The molecule has 0 radical (unpaired) electrons. The SMILES string of the molecule is O=C(Nc1ccc(F)cc1Br)N1CCC(c2nc(-c3ccccn3)no2)CC1. The molecule has 1 fully saturated rings. The molecule has 144 valence electrons. The zero-order valence-electron chi connectivity index (χ0n) is 14.8. The van der Waals surface area contributed by atoms with Gasteiger partial charge in [-0.15, -0.1) is 0 Å². The van der Waals surface area contributed by atoms with Crippen LogP contribution in [0, 0.1) is 5.82 Å². The Hall–Kier alpha value is -2.81. The number of amides is 2. The summed E-state index contributed by atoms with van der Waals surface area (Å²) in [6.07, 6.45) is 3.13. The predicted molar refractivity (Wildman–Crippen MR) is 104 cm³/mol. The molecule has 1 aromatic carbocycles. The Labute approximate surface area is 169 Å². The summed E-state index contributed by atoms with van der Waals surface area (Å²) in [6, 6.07) is 9.46. The third kappa shape index (κ3) is 4.04. The van der Waals surface area contributed by atoms with Gasteiger partial charge in [0.05, 0.1) is 5.69 Å². The van der Waals surface area contributed by atoms with E-state index in [1.165, 1.54) is 18.2 Å². The smallest absolute Gasteiger partial charge is 0.321 e. The molecule has 1 saturated heterocycles. The molecule has 2 amide bonds. The highest BCUT2D eigenvalue weighted by atomic mass is 79.9. The van der Waals surface area contributed by atoms with Gasteiger partial charge in [-0.1, -0.05) is 11.2 Å². The molecule has 0 atom stereocenters. The molecule has 3 aromatic rings. The third-order valence-electron chi connectivity index (χ3n) is 4.64. The van der Waals surface area contributed by atoms with E-state index in [-0.39, 0.29) is 17.8 Å². The van der Waals surface area contributed by atoms with Crippen LogP contribution in [-0.2, 0) is 0 Å². The Balaban J connectivity index is 1.35. The summed E-state index contributed by atoms with van der Waals surface area (Å²) in [5.41, 5.74) is 1.20. The number of benzene rings is 1. The van der Waals surface area contributed by atoms with Crippen LogP contribution in [0.25, 0.3) is 11.5 Å². The van der Waals surface area contributed by atoms with Gasteiger partial charge in [0.15, 0.2) is 0 Å². The molecule has 0 unspecified atom stereocenters. The molecule has 28 heavy (non-hydrogen) atoms. The molecule has 1 aliphatic heterocycles. The van der Waals surface area contributed by atoms with Crippen molar-refractivity contribution >= 4 is 27.6 Å². The van der Waals surface area contributed by atoms with Crippen LogP contribution in [0.2, 0.25) is 0 Å². The van der Waals surface area contributed by atoms with E-state index in [0.29, 0.717) is 40.7 Å². The molecule has 4 rings (SSSR count). The maximum atomic E-state index is 13.2. The van der Waals surface area contributed by atoms with Crippen molar-refractivity contribution in [2.24, 2.45) is 0 Å². The lowest BCUT2D eigenvalue weighted by Crippen LogP contribution is -2.40. The highest BCUT2D eigenvalue weighted by Crippen LogP contribution is 2.29. The number of hydrogen-bond donors (Lipinski definition) is 1. The van der Waals surface area contributed by atoms with Crippen LogP contribution in [0.15, 0.2) is 51.6 Å². The van der Waals surface area contributed by atoms with Gasteiger partial charge in [0, 0.05) is 29.7 Å². The van der Waals surface area contributed by atoms with E-state index >= 15 is 0 Å². The van der Waals surface area contributed by atoms with Crippen molar-refractivity contribution in [3.8, 4) is 11.5 Å². The minimum absolute atomic E-state index is 0.103. The second-order valence-electron chi connectivity index (χ2n) is 6.49. The second-order valence-corrected chi connectivity index (χ2v) is 7.34. The highest BCUT2D eigenvalue weighted by molar-refractivity contribution is 9.10. The van der Waals surface area contributed by atoms with E-state index in [1.54, 1.807) is 11.1 Å². The Morgan fingerprint density at radius 2 is 2.07 bits per heavy atom. The van der Waals surface area contributed by atoms with Gasteiger partial charge in [-0.05, 0) is 59.1 Å². The van der Waals surface area contributed by atoms with Crippen molar-refractivity contribution in [2.75, 3.05) is 18.4 Å². The molecular formula is C19H17BrFN5O2. The minimum Gasteiger partial charge on any atom is -0.339 e. The van der Waals surface area contributed by atoms with Gasteiger partial charge >= 0.3 is 6.03 Å². The number of urea groups is 1. The lowest BCUT2D eigenvalue weighted by molar-refractivity contribution is 0.187. The normalized spacial score (nSPS) is 14.9. The molecular weight excluding hydrogens is 429 g/mol. The fourth-order valence-corrected chi connectivity index (χ4v) is 3.56. The van der Waals surface area contributed by atoms with Crippen molar-refractivity contribution in [1.82, 2.24) is 20.0 Å².